The van der Waals surface area contributed by atoms with Gasteiger partial charge in [0.25, 0.3) is 5.91 Å². The third-order valence-electron chi connectivity index (χ3n) is 6.31. The molecule has 0 saturated carbocycles. The number of fused-ring (bicyclic) bond motifs is 2. The van der Waals surface area contributed by atoms with Gasteiger partial charge in [-0.15, -0.1) is 0 Å². The minimum Gasteiger partial charge on any atom is -0.444 e. The Bertz CT molecular complexity index is 1190. The molecule has 8 nitrogen and oxygen atoms in total. The Balaban J connectivity index is 1.56. The molecule has 9 heteroatoms. The van der Waals surface area contributed by atoms with Crippen LogP contribution in [0.3, 0.4) is 0 Å². The first-order valence-electron chi connectivity index (χ1n) is 11.7. The highest BCUT2D eigenvalue weighted by Gasteiger charge is 2.45. The molecule has 4 rings (SSSR count). The molecule has 0 aliphatic carbocycles. The fourth-order valence-electron chi connectivity index (χ4n) is 4.75. The zero-order valence-electron chi connectivity index (χ0n) is 20.7. The molecular formula is C26H30ClN5O3. The van der Waals surface area contributed by atoms with Gasteiger partial charge in [-0.05, 0) is 57.4 Å². The van der Waals surface area contributed by atoms with Gasteiger partial charge in [0.2, 0.25) is 0 Å². The van der Waals surface area contributed by atoms with E-state index in [4.69, 9.17) is 16.3 Å². The van der Waals surface area contributed by atoms with Crippen LogP contribution in [0.2, 0.25) is 5.02 Å². The summed E-state index contributed by atoms with van der Waals surface area (Å²) in [6.45, 7) is 6.81. The van der Waals surface area contributed by atoms with Crippen molar-refractivity contribution in [2.45, 2.75) is 51.3 Å². The lowest BCUT2D eigenvalue weighted by Gasteiger charge is -2.42. The Kier molecular flexibility index (Phi) is 6.65. The number of nitrogens with zero attached hydrogens (tertiary/aromatic N) is 5. The van der Waals surface area contributed by atoms with E-state index in [0.29, 0.717) is 35.1 Å². The minimum atomic E-state index is -0.542. The van der Waals surface area contributed by atoms with Crippen LogP contribution in [0.1, 0.15) is 49.5 Å². The average Bonchev–Trinajstić information content (AvgIpc) is 3.06. The lowest BCUT2D eigenvalue weighted by molar-refractivity contribution is 0.0122. The second kappa shape index (κ2) is 9.38. The van der Waals surface area contributed by atoms with Crippen LogP contribution in [0.25, 0.3) is 11.1 Å². The topological polar surface area (TPSA) is 89.8 Å². The van der Waals surface area contributed by atoms with Crippen LogP contribution in [-0.4, -0.2) is 71.7 Å². The summed E-state index contributed by atoms with van der Waals surface area (Å²) in [6.07, 6.45) is 3.24. The number of carbonyl (C=O) groups is 2. The molecule has 0 radical (unpaired) electrons. The van der Waals surface area contributed by atoms with Crippen LogP contribution in [0, 0.1) is 11.3 Å². The number of anilines is 1. The fraction of sp³-hybridized carbons (Fsp3) is 0.462. The van der Waals surface area contributed by atoms with Gasteiger partial charge in [0, 0.05) is 38.9 Å². The molecule has 2 aliphatic rings. The SMILES string of the molecule is CN(C)C(=O)c1ccc(-c2cnc(N3CC4CCC(C3)N4C(=O)OC(C)(C)C)c(C#N)c2)cc1Cl. The Hall–Kier alpha value is -3.31. The first kappa shape index (κ1) is 24.8. The molecule has 2 amide bonds. The van der Waals surface area contributed by atoms with E-state index in [-0.39, 0.29) is 24.1 Å². The molecule has 2 aromatic rings. The molecule has 35 heavy (non-hydrogen) atoms. The maximum Gasteiger partial charge on any atom is 0.410 e. The smallest absolute Gasteiger partial charge is 0.410 e. The van der Waals surface area contributed by atoms with E-state index in [1.165, 1.54) is 4.90 Å². The molecule has 2 fully saturated rings. The van der Waals surface area contributed by atoms with Crippen LogP contribution in [0.4, 0.5) is 10.6 Å². The third-order valence-corrected chi connectivity index (χ3v) is 6.62. The summed E-state index contributed by atoms with van der Waals surface area (Å²) in [6, 6.07) is 9.33. The number of hydrogen-bond donors (Lipinski definition) is 0. The van der Waals surface area contributed by atoms with Gasteiger partial charge in [0.05, 0.1) is 28.2 Å². The van der Waals surface area contributed by atoms with Gasteiger partial charge < -0.3 is 14.5 Å². The Morgan fingerprint density at radius 3 is 2.34 bits per heavy atom. The average molecular weight is 496 g/mol. The summed E-state index contributed by atoms with van der Waals surface area (Å²) < 4.78 is 5.62. The van der Waals surface area contributed by atoms with Gasteiger partial charge in [0.1, 0.15) is 17.5 Å². The van der Waals surface area contributed by atoms with Crippen molar-refractivity contribution in [3.63, 3.8) is 0 Å². The summed E-state index contributed by atoms with van der Waals surface area (Å²) in [4.78, 5) is 35.1. The first-order chi connectivity index (χ1) is 16.5. The van der Waals surface area contributed by atoms with E-state index < -0.39 is 5.60 Å². The largest absolute Gasteiger partial charge is 0.444 e. The number of pyridine rings is 1. The lowest BCUT2D eigenvalue weighted by atomic mass is 10.0. The number of carbonyl (C=O) groups excluding carboxylic acids is 2. The van der Waals surface area contributed by atoms with Crippen LogP contribution in [0.15, 0.2) is 30.5 Å². The molecule has 0 spiro atoms. The van der Waals surface area contributed by atoms with Gasteiger partial charge in [-0.3, -0.25) is 9.69 Å². The first-order valence-corrected chi connectivity index (χ1v) is 12.0. The molecular weight excluding hydrogens is 466 g/mol. The maximum atomic E-state index is 12.8. The molecule has 3 heterocycles. The summed E-state index contributed by atoms with van der Waals surface area (Å²) in [5.74, 6) is 0.440. The van der Waals surface area contributed by atoms with E-state index in [1.54, 1.807) is 44.6 Å². The predicted molar refractivity (Wildman–Crippen MR) is 135 cm³/mol. The number of benzene rings is 1. The molecule has 2 aliphatic heterocycles. The van der Waals surface area contributed by atoms with Crippen molar-refractivity contribution in [1.82, 2.24) is 14.8 Å². The summed E-state index contributed by atoms with van der Waals surface area (Å²) in [5, 5.41) is 10.2. The van der Waals surface area contributed by atoms with Gasteiger partial charge in [-0.25, -0.2) is 9.78 Å². The number of aromatic nitrogens is 1. The molecule has 1 aromatic heterocycles. The highest BCUT2D eigenvalue weighted by molar-refractivity contribution is 6.34. The number of halogens is 1. The fourth-order valence-corrected chi connectivity index (χ4v) is 5.01. The molecule has 0 N–H and O–H groups in total. The van der Waals surface area contributed by atoms with Crippen molar-refractivity contribution < 1.29 is 14.3 Å². The van der Waals surface area contributed by atoms with E-state index in [1.807, 2.05) is 25.7 Å². The van der Waals surface area contributed by atoms with Crippen molar-refractivity contribution in [2.75, 3.05) is 32.1 Å². The van der Waals surface area contributed by atoms with Crippen LogP contribution in [0.5, 0.6) is 0 Å². The lowest BCUT2D eigenvalue weighted by Crippen LogP contribution is -2.57. The Labute approximate surface area is 211 Å². The molecule has 2 atom stereocenters. The van der Waals surface area contributed by atoms with Crippen molar-refractivity contribution >= 4 is 29.4 Å². The van der Waals surface area contributed by atoms with Gasteiger partial charge in [0.15, 0.2) is 0 Å². The zero-order chi connectivity index (χ0) is 25.5. The number of piperazine rings is 1. The van der Waals surface area contributed by atoms with Crippen molar-refractivity contribution in [1.29, 1.82) is 5.26 Å². The Morgan fingerprint density at radius 2 is 1.80 bits per heavy atom. The summed E-state index contributed by atoms with van der Waals surface area (Å²) in [7, 11) is 3.35. The quantitative estimate of drug-likeness (QED) is 0.620. The molecule has 2 unspecified atom stereocenters. The maximum absolute atomic E-state index is 12.8. The number of ether oxygens (including phenoxy) is 1. The minimum absolute atomic E-state index is 0.0252. The normalized spacial score (nSPS) is 19.3. The van der Waals surface area contributed by atoms with Gasteiger partial charge >= 0.3 is 6.09 Å². The van der Waals surface area contributed by atoms with Crippen LogP contribution >= 0.6 is 11.6 Å². The molecule has 184 valence electrons. The summed E-state index contributed by atoms with van der Waals surface area (Å²) >= 11 is 6.38. The van der Waals surface area contributed by atoms with Crippen molar-refractivity contribution in [3.05, 3.63) is 46.6 Å². The third kappa shape index (κ3) is 5.06. The number of rotatable bonds is 3. The standard InChI is InChI=1S/C26H30ClN5O3/c1-26(2,3)35-25(34)32-19-7-8-20(32)15-31(14-19)23-17(12-28)10-18(13-29-23)16-6-9-21(22(27)11-16)24(33)30(4)5/h6,9-11,13,19-20H,7-8,14-15H2,1-5H3. The predicted octanol–water partition coefficient (Wildman–Crippen LogP) is 4.56. The van der Waals surface area contributed by atoms with Crippen LogP contribution in [-0.2, 0) is 4.74 Å². The molecule has 1 aromatic carbocycles. The summed E-state index contributed by atoms with van der Waals surface area (Å²) in [5.41, 5.74) is 1.85. The number of nitriles is 1. The van der Waals surface area contributed by atoms with E-state index >= 15 is 0 Å². The Morgan fingerprint density at radius 1 is 1.14 bits per heavy atom. The second-order valence-corrected chi connectivity index (χ2v) is 10.7. The van der Waals surface area contributed by atoms with Crippen molar-refractivity contribution in [2.24, 2.45) is 0 Å². The van der Waals surface area contributed by atoms with E-state index in [9.17, 15) is 14.9 Å². The van der Waals surface area contributed by atoms with Gasteiger partial charge in [-0.1, -0.05) is 17.7 Å². The second-order valence-electron chi connectivity index (χ2n) is 10.3. The highest BCUT2D eigenvalue weighted by atomic mass is 35.5. The molecule has 2 saturated heterocycles. The molecule has 2 bridgehead atoms. The number of hydrogen-bond acceptors (Lipinski definition) is 6. The van der Waals surface area contributed by atoms with E-state index in [0.717, 1.165) is 24.0 Å². The van der Waals surface area contributed by atoms with E-state index in [2.05, 4.69) is 16.0 Å². The van der Waals surface area contributed by atoms with Crippen molar-refractivity contribution in [3.8, 4) is 17.2 Å². The monoisotopic (exact) mass is 495 g/mol. The number of amides is 2. The van der Waals surface area contributed by atoms with Crippen LogP contribution < -0.4 is 4.90 Å². The van der Waals surface area contributed by atoms with Gasteiger partial charge in [-0.2, -0.15) is 5.26 Å². The highest BCUT2D eigenvalue weighted by Crippen LogP contribution is 2.35. The zero-order valence-corrected chi connectivity index (χ0v) is 21.5.